The lowest BCUT2D eigenvalue weighted by Crippen LogP contribution is -2.40. The van der Waals surface area contributed by atoms with Gasteiger partial charge in [-0.25, -0.2) is 4.98 Å². The molecule has 0 bridgehead atoms. The zero-order valence-electron chi connectivity index (χ0n) is 12.5. The summed E-state index contributed by atoms with van der Waals surface area (Å²) in [4.78, 5) is 16.4. The van der Waals surface area contributed by atoms with Gasteiger partial charge in [-0.2, -0.15) is 5.26 Å². The van der Waals surface area contributed by atoms with E-state index in [4.69, 9.17) is 11.6 Å². The molecule has 0 saturated carbocycles. The number of halogens is 1. The van der Waals surface area contributed by atoms with Gasteiger partial charge in [0.25, 0.3) is 5.91 Å². The monoisotopic (exact) mass is 314 g/mol. The topological polar surface area (TPSA) is 69.0 Å². The molecule has 0 fully saturated rings. The number of nitrogens with one attached hydrogen (secondary N) is 1. The number of amides is 1. The number of pyridine rings is 1. The Bertz CT molecular complexity index is 767. The molecule has 1 aromatic heterocycles. The normalized spacial score (nSPS) is 9.95. The minimum Gasteiger partial charge on any atom is -0.270 e. The maximum Gasteiger partial charge on any atom is 0.269 e. The maximum absolute atomic E-state index is 12.3. The number of hydrogen-bond donors (Lipinski definition) is 1. The van der Waals surface area contributed by atoms with E-state index < -0.39 is 0 Å². The van der Waals surface area contributed by atoms with E-state index in [1.807, 2.05) is 19.1 Å². The van der Waals surface area contributed by atoms with E-state index in [2.05, 4.69) is 16.5 Å². The summed E-state index contributed by atoms with van der Waals surface area (Å²) in [5.41, 5.74) is 5.29. The molecule has 0 spiro atoms. The first-order chi connectivity index (χ1) is 10.4. The van der Waals surface area contributed by atoms with Crippen LogP contribution >= 0.6 is 11.6 Å². The molecule has 112 valence electrons. The third-order valence-electron chi connectivity index (χ3n) is 3.15. The van der Waals surface area contributed by atoms with Crippen molar-refractivity contribution in [2.24, 2.45) is 0 Å². The third kappa shape index (κ3) is 3.35. The van der Waals surface area contributed by atoms with Crippen LogP contribution in [0.5, 0.6) is 0 Å². The number of hydrazine groups is 1. The van der Waals surface area contributed by atoms with Crippen LogP contribution in [-0.4, -0.2) is 17.9 Å². The highest BCUT2D eigenvalue weighted by Crippen LogP contribution is 2.22. The van der Waals surface area contributed by atoms with E-state index in [0.717, 1.165) is 5.56 Å². The maximum atomic E-state index is 12.3. The van der Waals surface area contributed by atoms with Crippen molar-refractivity contribution in [3.8, 4) is 6.07 Å². The molecule has 22 heavy (non-hydrogen) atoms. The number of carbonyl (C=O) groups is 1. The number of aromatic nitrogens is 1. The summed E-state index contributed by atoms with van der Waals surface area (Å²) in [5.74, 6) is 0.0306. The molecule has 2 rings (SSSR count). The number of anilines is 1. The van der Waals surface area contributed by atoms with E-state index in [0.29, 0.717) is 22.5 Å². The van der Waals surface area contributed by atoms with Gasteiger partial charge in [-0.15, -0.1) is 0 Å². The van der Waals surface area contributed by atoms with Gasteiger partial charge in [-0.3, -0.25) is 15.2 Å². The van der Waals surface area contributed by atoms with Crippen molar-refractivity contribution in [1.29, 1.82) is 5.26 Å². The fourth-order valence-electron chi connectivity index (χ4n) is 2.05. The zero-order chi connectivity index (χ0) is 16.3. The Kier molecular flexibility index (Phi) is 4.64. The van der Waals surface area contributed by atoms with Crippen molar-refractivity contribution in [3.05, 3.63) is 57.7 Å². The second-order valence-electron chi connectivity index (χ2n) is 4.94. The first-order valence-corrected chi connectivity index (χ1v) is 6.99. The van der Waals surface area contributed by atoms with E-state index in [1.54, 1.807) is 32.2 Å². The number of benzene rings is 1. The van der Waals surface area contributed by atoms with Gasteiger partial charge in [0.05, 0.1) is 5.56 Å². The number of nitriles is 1. The summed E-state index contributed by atoms with van der Waals surface area (Å²) in [6.45, 7) is 3.68. The van der Waals surface area contributed by atoms with Crippen LogP contribution in [0.3, 0.4) is 0 Å². The summed E-state index contributed by atoms with van der Waals surface area (Å²) >= 11 is 5.94. The van der Waals surface area contributed by atoms with Crippen LogP contribution in [0, 0.1) is 25.2 Å². The van der Waals surface area contributed by atoms with Crippen molar-refractivity contribution in [2.45, 2.75) is 13.8 Å². The molecule has 0 aliphatic heterocycles. The Morgan fingerprint density at radius 2 is 2.09 bits per heavy atom. The summed E-state index contributed by atoms with van der Waals surface area (Å²) < 4.78 is 0. The van der Waals surface area contributed by atoms with E-state index in [1.165, 1.54) is 5.01 Å². The number of carbonyl (C=O) groups excluding carboxylic acids is 1. The lowest BCUT2D eigenvalue weighted by Gasteiger charge is -2.21. The smallest absolute Gasteiger partial charge is 0.269 e. The third-order valence-corrected chi connectivity index (χ3v) is 3.34. The number of hydrogen-bond acceptors (Lipinski definition) is 4. The predicted octanol–water partition coefficient (Wildman–Crippen LogP) is 3.00. The Hall–Kier alpha value is -2.58. The fourth-order valence-corrected chi connectivity index (χ4v) is 2.30. The first-order valence-electron chi connectivity index (χ1n) is 6.61. The van der Waals surface area contributed by atoms with Gasteiger partial charge in [0.1, 0.15) is 11.2 Å². The molecule has 0 unspecified atom stereocenters. The minimum absolute atomic E-state index is 0.267. The second kappa shape index (κ2) is 6.46. The molecule has 0 atom stereocenters. The van der Waals surface area contributed by atoms with Gasteiger partial charge in [0.15, 0.2) is 5.82 Å². The first kappa shape index (κ1) is 15.8. The van der Waals surface area contributed by atoms with Crippen molar-refractivity contribution in [2.75, 3.05) is 12.1 Å². The molecule has 5 nitrogen and oxygen atoms in total. The molecular weight excluding hydrogens is 300 g/mol. The van der Waals surface area contributed by atoms with Gasteiger partial charge >= 0.3 is 0 Å². The molecule has 0 aliphatic carbocycles. The van der Waals surface area contributed by atoms with Gasteiger partial charge in [0, 0.05) is 12.6 Å². The van der Waals surface area contributed by atoms with Crippen LogP contribution in [-0.2, 0) is 0 Å². The zero-order valence-corrected chi connectivity index (χ0v) is 13.3. The van der Waals surface area contributed by atoms with Crippen LogP contribution in [0.15, 0.2) is 30.3 Å². The quantitative estimate of drug-likeness (QED) is 0.698. The SMILES string of the molecule is Cc1cccc(C(=O)NN(C)c2nc(Cl)cc(C)c2C#N)c1. The molecule has 1 N–H and O–H groups in total. The Labute approximate surface area is 134 Å². The largest absolute Gasteiger partial charge is 0.270 e. The van der Waals surface area contributed by atoms with E-state index in [9.17, 15) is 10.1 Å². The van der Waals surface area contributed by atoms with Crippen LogP contribution in [0.2, 0.25) is 5.15 Å². The van der Waals surface area contributed by atoms with Crippen LogP contribution in [0.4, 0.5) is 5.82 Å². The van der Waals surface area contributed by atoms with Crippen molar-refractivity contribution < 1.29 is 4.79 Å². The van der Waals surface area contributed by atoms with Crippen molar-refractivity contribution in [3.63, 3.8) is 0 Å². The van der Waals surface area contributed by atoms with E-state index in [-0.39, 0.29) is 11.1 Å². The lowest BCUT2D eigenvalue weighted by atomic mass is 10.1. The second-order valence-corrected chi connectivity index (χ2v) is 5.33. The van der Waals surface area contributed by atoms with Crippen LogP contribution < -0.4 is 10.4 Å². The molecule has 1 aromatic carbocycles. The number of nitrogens with zero attached hydrogens (tertiary/aromatic N) is 3. The standard InChI is InChI=1S/C16H15ClN4O/c1-10-5-4-6-12(7-10)16(22)20-21(3)15-13(9-18)11(2)8-14(17)19-15/h4-8H,1-3H3,(H,20,22). The highest BCUT2D eigenvalue weighted by atomic mass is 35.5. The molecule has 6 heteroatoms. The Morgan fingerprint density at radius 3 is 2.73 bits per heavy atom. The summed E-state index contributed by atoms with van der Waals surface area (Å²) in [6.07, 6.45) is 0. The highest BCUT2D eigenvalue weighted by molar-refractivity contribution is 6.29. The van der Waals surface area contributed by atoms with Crippen LogP contribution in [0.1, 0.15) is 27.0 Å². The fraction of sp³-hybridized carbons (Fsp3) is 0.188. The molecule has 1 amide bonds. The molecule has 0 aliphatic rings. The van der Waals surface area contributed by atoms with Crippen LogP contribution in [0.25, 0.3) is 0 Å². The van der Waals surface area contributed by atoms with Gasteiger partial charge in [-0.05, 0) is 37.6 Å². The predicted molar refractivity (Wildman–Crippen MR) is 85.7 cm³/mol. The van der Waals surface area contributed by atoms with E-state index >= 15 is 0 Å². The summed E-state index contributed by atoms with van der Waals surface area (Å²) in [5, 5.41) is 10.9. The van der Waals surface area contributed by atoms with Gasteiger partial charge in [-0.1, -0.05) is 29.3 Å². The van der Waals surface area contributed by atoms with Crippen molar-refractivity contribution >= 4 is 23.3 Å². The highest BCUT2D eigenvalue weighted by Gasteiger charge is 2.16. The molecule has 1 heterocycles. The number of aryl methyl sites for hydroxylation is 2. The Morgan fingerprint density at radius 1 is 1.36 bits per heavy atom. The average Bonchev–Trinajstić information content (AvgIpc) is 2.46. The molecule has 0 saturated heterocycles. The summed E-state index contributed by atoms with van der Waals surface area (Å²) in [6, 6.07) is 10.9. The summed E-state index contributed by atoms with van der Waals surface area (Å²) in [7, 11) is 1.62. The average molecular weight is 315 g/mol. The van der Waals surface area contributed by atoms with Crippen molar-refractivity contribution in [1.82, 2.24) is 10.4 Å². The lowest BCUT2D eigenvalue weighted by molar-refractivity contribution is 0.0951. The number of rotatable bonds is 3. The minimum atomic E-state index is -0.283. The van der Waals surface area contributed by atoms with Gasteiger partial charge in [0.2, 0.25) is 0 Å². The molecule has 0 radical (unpaired) electrons. The molecular formula is C16H15ClN4O. The van der Waals surface area contributed by atoms with Gasteiger partial charge < -0.3 is 0 Å². The molecule has 2 aromatic rings. The Balaban J connectivity index is 2.28.